The number of halogens is 1. The maximum Gasteiger partial charge on any atom is 0.151 e. The van der Waals surface area contributed by atoms with Crippen molar-refractivity contribution in [1.82, 2.24) is 0 Å². The lowest BCUT2D eigenvalue weighted by Crippen LogP contribution is -1.96. The first-order valence-corrected chi connectivity index (χ1v) is 4.59. The van der Waals surface area contributed by atoms with E-state index in [-0.39, 0.29) is 0 Å². The van der Waals surface area contributed by atoms with E-state index in [4.69, 9.17) is 16.3 Å². The van der Waals surface area contributed by atoms with Crippen LogP contribution in [0.25, 0.3) is 0 Å². The Morgan fingerprint density at radius 1 is 1.46 bits per heavy atom. The molecule has 13 heavy (non-hydrogen) atoms. The topological polar surface area (TPSA) is 26.3 Å². The summed E-state index contributed by atoms with van der Waals surface area (Å²) in [5.74, 6) is 0.731. The van der Waals surface area contributed by atoms with Gasteiger partial charge in [0.15, 0.2) is 6.29 Å². The average Bonchev–Trinajstić information content (AvgIpc) is 2.92. The molecule has 0 unspecified atom stereocenters. The molecule has 0 heterocycles. The van der Waals surface area contributed by atoms with Crippen molar-refractivity contribution in [3.8, 4) is 5.75 Å². The second kappa shape index (κ2) is 3.38. The molecule has 0 radical (unpaired) electrons. The summed E-state index contributed by atoms with van der Waals surface area (Å²) in [6, 6.07) is 5.14. The van der Waals surface area contributed by atoms with Crippen molar-refractivity contribution < 1.29 is 9.53 Å². The largest absolute Gasteiger partial charge is 0.490 e. The molecule has 1 fully saturated rings. The highest BCUT2D eigenvalue weighted by Crippen LogP contribution is 2.28. The zero-order valence-corrected chi connectivity index (χ0v) is 7.75. The highest BCUT2D eigenvalue weighted by atomic mass is 35.5. The van der Waals surface area contributed by atoms with Crippen LogP contribution < -0.4 is 4.74 Å². The summed E-state index contributed by atoms with van der Waals surface area (Å²) in [7, 11) is 0. The summed E-state index contributed by atoms with van der Waals surface area (Å²) in [6.07, 6.45) is 3.31. The fraction of sp³-hybridized carbons (Fsp3) is 0.300. The van der Waals surface area contributed by atoms with Crippen molar-refractivity contribution in [3.63, 3.8) is 0 Å². The van der Waals surface area contributed by atoms with E-state index >= 15 is 0 Å². The van der Waals surface area contributed by atoms with Crippen LogP contribution in [0.4, 0.5) is 0 Å². The molecule has 0 spiro atoms. The van der Waals surface area contributed by atoms with Crippen LogP contribution in [0.2, 0.25) is 5.02 Å². The Labute approximate surface area is 81.5 Å². The number of hydrogen-bond donors (Lipinski definition) is 0. The monoisotopic (exact) mass is 196 g/mol. The van der Waals surface area contributed by atoms with E-state index in [1.807, 2.05) is 0 Å². The zero-order valence-electron chi connectivity index (χ0n) is 7.00. The molecule has 0 saturated heterocycles. The van der Waals surface area contributed by atoms with Crippen LogP contribution in [0.1, 0.15) is 23.2 Å². The Hall–Kier alpha value is -1.02. The first-order valence-electron chi connectivity index (χ1n) is 4.21. The number of carbonyl (C=O) groups excluding carboxylic acids is 1. The number of rotatable bonds is 3. The van der Waals surface area contributed by atoms with Gasteiger partial charge in [0.1, 0.15) is 5.75 Å². The fourth-order valence-electron chi connectivity index (χ4n) is 1.06. The molecule has 0 N–H and O–H groups in total. The SMILES string of the molecule is O=Cc1cc(OC2CC2)ccc1Cl. The van der Waals surface area contributed by atoms with Gasteiger partial charge in [-0.05, 0) is 31.0 Å². The number of hydrogen-bond acceptors (Lipinski definition) is 2. The second-order valence-corrected chi connectivity index (χ2v) is 3.53. The van der Waals surface area contributed by atoms with E-state index in [1.165, 1.54) is 0 Å². The molecule has 1 aromatic rings. The molecule has 1 aliphatic carbocycles. The first kappa shape index (κ1) is 8.57. The van der Waals surface area contributed by atoms with Gasteiger partial charge in [-0.3, -0.25) is 4.79 Å². The summed E-state index contributed by atoms with van der Waals surface area (Å²) in [6.45, 7) is 0. The molecular weight excluding hydrogens is 188 g/mol. The third-order valence-corrected chi connectivity index (χ3v) is 2.27. The predicted octanol–water partition coefficient (Wildman–Crippen LogP) is 2.69. The highest BCUT2D eigenvalue weighted by Gasteiger charge is 2.23. The third kappa shape index (κ3) is 2.01. The van der Waals surface area contributed by atoms with Crippen molar-refractivity contribution in [2.75, 3.05) is 0 Å². The summed E-state index contributed by atoms with van der Waals surface area (Å²) < 4.78 is 5.51. The fourth-order valence-corrected chi connectivity index (χ4v) is 1.23. The molecule has 68 valence electrons. The molecule has 0 atom stereocenters. The Morgan fingerprint density at radius 2 is 2.23 bits per heavy atom. The summed E-state index contributed by atoms with van der Waals surface area (Å²) in [5, 5.41) is 0.471. The van der Waals surface area contributed by atoms with Crippen molar-refractivity contribution in [3.05, 3.63) is 28.8 Å². The number of ether oxygens (including phenoxy) is 1. The van der Waals surface area contributed by atoms with E-state index in [9.17, 15) is 4.79 Å². The lowest BCUT2D eigenvalue weighted by molar-refractivity contribution is 0.112. The number of benzene rings is 1. The quantitative estimate of drug-likeness (QED) is 0.695. The van der Waals surface area contributed by atoms with Crippen LogP contribution in [-0.4, -0.2) is 12.4 Å². The van der Waals surface area contributed by atoms with Crippen molar-refractivity contribution in [2.24, 2.45) is 0 Å². The van der Waals surface area contributed by atoms with E-state index in [1.54, 1.807) is 18.2 Å². The lowest BCUT2D eigenvalue weighted by atomic mass is 10.2. The van der Waals surface area contributed by atoms with Crippen LogP contribution in [0.15, 0.2) is 18.2 Å². The molecule has 2 rings (SSSR count). The van der Waals surface area contributed by atoms with Gasteiger partial charge in [0.25, 0.3) is 0 Å². The first-order chi connectivity index (χ1) is 6.29. The predicted molar refractivity (Wildman–Crippen MR) is 50.5 cm³/mol. The van der Waals surface area contributed by atoms with Gasteiger partial charge in [-0.1, -0.05) is 11.6 Å². The van der Waals surface area contributed by atoms with Gasteiger partial charge in [0.05, 0.1) is 11.1 Å². The van der Waals surface area contributed by atoms with Gasteiger partial charge in [0.2, 0.25) is 0 Å². The smallest absolute Gasteiger partial charge is 0.151 e. The van der Waals surface area contributed by atoms with Crippen molar-refractivity contribution in [2.45, 2.75) is 18.9 Å². The van der Waals surface area contributed by atoms with E-state index < -0.39 is 0 Å². The van der Waals surface area contributed by atoms with Gasteiger partial charge in [-0.25, -0.2) is 0 Å². The van der Waals surface area contributed by atoms with Crippen LogP contribution >= 0.6 is 11.6 Å². The average molecular weight is 197 g/mol. The molecule has 1 aliphatic rings. The molecule has 3 heteroatoms. The number of aldehydes is 1. The van der Waals surface area contributed by atoms with E-state index in [0.717, 1.165) is 24.9 Å². The molecule has 1 aromatic carbocycles. The minimum absolute atomic E-state index is 0.348. The lowest BCUT2D eigenvalue weighted by Gasteiger charge is -2.04. The summed E-state index contributed by atoms with van der Waals surface area (Å²) >= 11 is 5.76. The Kier molecular flexibility index (Phi) is 2.23. The molecule has 1 saturated carbocycles. The molecule has 0 bridgehead atoms. The number of carbonyl (C=O) groups is 1. The summed E-state index contributed by atoms with van der Waals surface area (Å²) in [4.78, 5) is 10.5. The van der Waals surface area contributed by atoms with Crippen LogP contribution in [0, 0.1) is 0 Å². The third-order valence-electron chi connectivity index (χ3n) is 1.92. The van der Waals surface area contributed by atoms with Gasteiger partial charge < -0.3 is 4.74 Å². The molecule has 0 aliphatic heterocycles. The minimum atomic E-state index is 0.348. The van der Waals surface area contributed by atoms with Crippen LogP contribution in [0.5, 0.6) is 5.75 Å². The van der Waals surface area contributed by atoms with Gasteiger partial charge in [-0.15, -0.1) is 0 Å². The second-order valence-electron chi connectivity index (χ2n) is 3.12. The minimum Gasteiger partial charge on any atom is -0.490 e. The molecule has 2 nitrogen and oxygen atoms in total. The van der Waals surface area contributed by atoms with Crippen LogP contribution in [0.3, 0.4) is 0 Å². The van der Waals surface area contributed by atoms with E-state index in [0.29, 0.717) is 16.7 Å². The maximum atomic E-state index is 10.5. The Morgan fingerprint density at radius 3 is 2.85 bits per heavy atom. The van der Waals surface area contributed by atoms with Crippen molar-refractivity contribution in [1.29, 1.82) is 0 Å². The highest BCUT2D eigenvalue weighted by molar-refractivity contribution is 6.32. The van der Waals surface area contributed by atoms with Crippen molar-refractivity contribution >= 4 is 17.9 Å². The van der Waals surface area contributed by atoms with E-state index in [2.05, 4.69) is 0 Å². The van der Waals surface area contributed by atoms with Gasteiger partial charge in [0, 0.05) is 5.56 Å². The van der Waals surface area contributed by atoms with Gasteiger partial charge in [-0.2, -0.15) is 0 Å². The summed E-state index contributed by atoms with van der Waals surface area (Å²) in [5.41, 5.74) is 0.486. The van der Waals surface area contributed by atoms with Gasteiger partial charge >= 0.3 is 0 Å². The maximum absolute atomic E-state index is 10.5. The zero-order chi connectivity index (χ0) is 9.26. The van der Waals surface area contributed by atoms with Crippen LogP contribution in [-0.2, 0) is 0 Å². The Bertz CT molecular complexity index is 332. The molecule has 0 amide bonds. The molecule has 0 aromatic heterocycles. The standard InChI is InChI=1S/C10H9ClO2/c11-10-4-3-9(5-7(10)6-12)13-8-1-2-8/h3-6,8H,1-2H2. The molecular formula is C10H9ClO2. The normalized spacial score (nSPS) is 15.5. The Balaban J connectivity index is 2.20.